The monoisotopic (exact) mass is 455 g/mol. The number of nitrogens with one attached hydrogen (secondary N) is 1. The first-order chi connectivity index (χ1) is 13.0. The number of fused-ring (bicyclic) bond motifs is 1. The Bertz CT molecular complexity index is 1080. The molecule has 0 fully saturated rings. The minimum Gasteiger partial charge on any atom is -0.321 e. The van der Waals surface area contributed by atoms with Gasteiger partial charge in [0, 0.05) is 36.1 Å². The molecule has 1 N–H and O–H groups in total. The molecule has 0 saturated heterocycles. The first-order valence-electron chi connectivity index (χ1n) is 8.38. The van der Waals surface area contributed by atoms with Crippen molar-refractivity contribution in [2.45, 2.75) is 16.7 Å². The number of amides is 1. The Hall–Kier alpha value is -2.01. The summed E-state index contributed by atoms with van der Waals surface area (Å²) < 4.78 is 0.993. The van der Waals surface area contributed by atoms with E-state index in [0.29, 0.717) is 5.57 Å². The van der Waals surface area contributed by atoms with Crippen molar-refractivity contribution >= 4 is 62.5 Å². The molecule has 3 aromatic rings. The van der Waals surface area contributed by atoms with Gasteiger partial charge in [-0.15, -0.1) is 0 Å². The predicted octanol–water partition coefficient (Wildman–Crippen LogP) is 7.05. The van der Waals surface area contributed by atoms with Crippen LogP contribution >= 0.6 is 39.3 Å². The summed E-state index contributed by atoms with van der Waals surface area (Å²) in [5.74, 6) is -0.0718. The van der Waals surface area contributed by atoms with Gasteiger partial charge in [0.25, 0.3) is 5.91 Å². The van der Waals surface area contributed by atoms with Crippen molar-refractivity contribution in [2.75, 3.05) is 5.32 Å². The lowest BCUT2D eigenvalue weighted by atomic mass is 9.99. The van der Waals surface area contributed by atoms with E-state index >= 15 is 0 Å². The second kappa shape index (κ2) is 7.55. The minimum atomic E-state index is -0.0718. The maximum absolute atomic E-state index is 12.6. The Balaban J connectivity index is 1.77. The van der Waals surface area contributed by atoms with E-state index in [1.165, 1.54) is 0 Å². The molecule has 0 aromatic heterocycles. The van der Waals surface area contributed by atoms with Crippen LogP contribution in [0.5, 0.6) is 0 Å². The zero-order valence-corrected chi connectivity index (χ0v) is 17.6. The van der Waals surface area contributed by atoms with Crippen LogP contribution in [-0.2, 0) is 4.79 Å². The van der Waals surface area contributed by atoms with Gasteiger partial charge in [0.1, 0.15) is 0 Å². The highest BCUT2D eigenvalue weighted by atomic mass is 79.9. The summed E-state index contributed by atoms with van der Waals surface area (Å²) in [6, 6.07) is 19.7. The van der Waals surface area contributed by atoms with Crippen LogP contribution in [-0.4, -0.2) is 5.91 Å². The van der Waals surface area contributed by atoms with Crippen molar-refractivity contribution in [3.05, 3.63) is 86.8 Å². The molecule has 1 aliphatic rings. The fourth-order valence-electron chi connectivity index (χ4n) is 3.06. The van der Waals surface area contributed by atoms with Crippen molar-refractivity contribution < 1.29 is 4.79 Å². The molecule has 0 aliphatic carbocycles. The predicted molar refractivity (Wildman–Crippen MR) is 117 cm³/mol. The van der Waals surface area contributed by atoms with E-state index in [1.807, 2.05) is 67.6 Å². The van der Waals surface area contributed by atoms with Gasteiger partial charge in [-0.25, -0.2) is 0 Å². The van der Waals surface area contributed by atoms with E-state index in [0.717, 1.165) is 41.7 Å². The smallest absolute Gasteiger partial charge is 0.256 e. The molecule has 1 aliphatic heterocycles. The lowest BCUT2D eigenvalue weighted by molar-refractivity contribution is -0.110. The van der Waals surface area contributed by atoms with Crippen molar-refractivity contribution in [1.29, 1.82) is 0 Å². The van der Waals surface area contributed by atoms with Gasteiger partial charge >= 0.3 is 0 Å². The summed E-state index contributed by atoms with van der Waals surface area (Å²) in [5.41, 5.74) is 4.57. The number of anilines is 1. The molecule has 0 bridgehead atoms. The van der Waals surface area contributed by atoms with Gasteiger partial charge in [-0.2, -0.15) is 0 Å². The van der Waals surface area contributed by atoms with E-state index in [1.54, 1.807) is 11.8 Å². The fraction of sp³-hybridized carbons (Fsp3) is 0.0455. The van der Waals surface area contributed by atoms with Crippen LogP contribution in [0.2, 0.25) is 5.02 Å². The van der Waals surface area contributed by atoms with Crippen LogP contribution in [0, 0.1) is 6.92 Å². The molecule has 0 atom stereocenters. The zero-order valence-electron chi connectivity index (χ0n) is 14.4. The lowest BCUT2D eigenvalue weighted by Gasteiger charge is -2.09. The Morgan fingerprint density at radius 2 is 1.78 bits per heavy atom. The fourth-order valence-corrected chi connectivity index (χ4v) is 4.43. The summed E-state index contributed by atoms with van der Waals surface area (Å²) in [6.45, 7) is 2.02. The molecule has 2 nitrogen and oxygen atoms in total. The number of halogens is 2. The van der Waals surface area contributed by atoms with Gasteiger partial charge in [0.05, 0.1) is 0 Å². The first kappa shape index (κ1) is 18.4. The molecule has 0 radical (unpaired) electrons. The van der Waals surface area contributed by atoms with Crippen LogP contribution in [0.15, 0.2) is 74.9 Å². The maximum atomic E-state index is 12.6. The van der Waals surface area contributed by atoms with Gasteiger partial charge in [-0.1, -0.05) is 57.5 Å². The molecule has 0 saturated carbocycles. The molecule has 1 heterocycles. The van der Waals surface area contributed by atoms with Crippen LogP contribution in [0.25, 0.3) is 11.6 Å². The van der Waals surface area contributed by atoms with Crippen LogP contribution < -0.4 is 5.32 Å². The average molecular weight is 457 g/mol. The van der Waals surface area contributed by atoms with Crippen molar-refractivity contribution in [3.8, 4) is 0 Å². The third-order valence-corrected chi connectivity index (χ3v) is 6.63. The topological polar surface area (TPSA) is 29.1 Å². The summed E-state index contributed by atoms with van der Waals surface area (Å²) >= 11 is 11.2. The van der Waals surface area contributed by atoms with Gasteiger partial charge in [0.15, 0.2) is 0 Å². The molecule has 0 spiro atoms. The summed E-state index contributed by atoms with van der Waals surface area (Å²) in [6.07, 6.45) is 1.97. The van der Waals surface area contributed by atoms with Crippen LogP contribution in [0.4, 0.5) is 5.69 Å². The quantitative estimate of drug-likeness (QED) is 0.428. The summed E-state index contributed by atoms with van der Waals surface area (Å²) in [5, 5.41) is 3.68. The first-order valence-corrected chi connectivity index (χ1v) is 10.4. The summed E-state index contributed by atoms with van der Waals surface area (Å²) in [7, 11) is 0. The number of rotatable bonds is 3. The number of hydrogen-bond acceptors (Lipinski definition) is 2. The number of carbonyl (C=O) groups excluding carboxylic acids is 1. The van der Waals surface area contributed by atoms with Gasteiger partial charge in [0.2, 0.25) is 0 Å². The van der Waals surface area contributed by atoms with Crippen molar-refractivity contribution in [2.24, 2.45) is 0 Å². The normalized spacial score (nSPS) is 14.3. The highest BCUT2D eigenvalue weighted by molar-refractivity contribution is 9.10. The minimum absolute atomic E-state index is 0.0718. The van der Waals surface area contributed by atoms with Gasteiger partial charge < -0.3 is 5.32 Å². The van der Waals surface area contributed by atoms with E-state index in [9.17, 15) is 4.79 Å². The molecule has 1 amide bonds. The largest absolute Gasteiger partial charge is 0.321 e. The van der Waals surface area contributed by atoms with Gasteiger partial charge in [-0.3, -0.25) is 4.79 Å². The van der Waals surface area contributed by atoms with Crippen LogP contribution in [0.3, 0.4) is 0 Å². The third kappa shape index (κ3) is 3.70. The maximum Gasteiger partial charge on any atom is 0.256 e. The Morgan fingerprint density at radius 3 is 2.56 bits per heavy atom. The second-order valence-corrected chi connectivity index (χ2v) is 8.61. The third-order valence-electron chi connectivity index (χ3n) is 4.42. The van der Waals surface area contributed by atoms with Crippen molar-refractivity contribution in [1.82, 2.24) is 0 Å². The highest BCUT2D eigenvalue weighted by Gasteiger charge is 2.26. The van der Waals surface area contributed by atoms with E-state index < -0.39 is 0 Å². The Labute approximate surface area is 175 Å². The van der Waals surface area contributed by atoms with E-state index in [-0.39, 0.29) is 5.91 Å². The molecule has 3 aromatic carbocycles. The average Bonchev–Trinajstić information content (AvgIpc) is 2.98. The second-order valence-electron chi connectivity index (χ2n) is 6.20. The molecule has 4 rings (SSSR count). The highest BCUT2D eigenvalue weighted by Crippen LogP contribution is 2.40. The molecule has 0 unspecified atom stereocenters. The summed E-state index contributed by atoms with van der Waals surface area (Å²) in [4.78, 5) is 14.8. The SMILES string of the molecule is Cc1c(Br)ccc2c1C(=Cc1ccccc1Sc1ccc(Cl)cc1)C(=O)N2. The van der Waals surface area contributed by atoms with Crippen LogP contribution in [0.1, 0.15) is 16.7 Å². The molecule has 27 heavy (non-hydrogen) atoms. The molecular formula is C22H15BrClNOS. The zero-order chi connectivity index (χ0) is 19.0. The van der Waals surface area contributed by atoms with Gasteiger partial charge in [-0.05, 0) is 66.6 Å². The molecular weight excluding hydrogens is 442 g/mol. The standard InChI is InChI=1S/C22H15BrClNOS/c1-13-18(23)10-11-19-21(13)17(22(26)25-19)12-14-4-2-3-5-20(14)27-16-8-6-15(24)7-9-16/h2-12H,1H3,(H,25,26). The van der Waals surface area contributed by atoms with E-state index in [4.69, 9.17) is 11.6 Å². The molecule has 5 heteroatoms. The van der Waals surface area contributed by atoms with E-state index in [2.05, 4.69) is 27.3 Å². The molecule has 134 valence electrons. The number of benzene rings is 3. The number of carbonyl (C=O) groups is 1. The van der Waals surface area contributed by atoms with Crippen molar-refractivity contribution in [3.63, 3.8) is 0 Å². The number of hydrogen-bond donors (Lipinski definition) is 1. The Kier molecular flexibility index (Phi) is 5.13. The Morgan fingerprint density at radius 1 is 1.04 bits per heavy atom. The lowest BCUT2D eigenvalue weighted by Crippen LogP contribution is -2.03.